The van der Waals surface area contributed by atoms with E-state index in [0.717, 1.165) is 123 Å². The van der Waals surface area contributed by atoms with Crippen molar-refractivity contribution in [3.05, 3.63) is 400 Å². The Labute approximate surface area is 724 Å². The van der Waals surface area contributed by atoms with Crippen LogP contribution in [-0.4, -0.2) is 86.6 Å². The van der Waals surface area contributed by atoms with Gasteiger partial charge in [-0.1, -0.05) is 297 Å². The third-order valence-corrected chi connectivity index (χ3v) is 38.0. The molecule has 2 atom stereocenters. The van der Waals surface area contributed by atoms with Crippen LogP contribution in [0.25, 0.3) is 146 Å². The number of hydrogen-bond donors (Lipinski definition) is 0. The van der Waals surface area contributed by atoms with Crippen LogP contribution >= 0.6 is 22.7 Å². The summed E-state index contributed by atoms with van der Waals surface area (Å²) in [6.45, 7) is 0. The normalized spacial score (nSPS) is 14.7. The van der Waals surface area contributed by atoms with E-state index in [1.165, 1.54) is 71.5 Å². The molecule has 3 aliphatic rings. The Morgan fingerprint density at radius 3 is 1.27 bits per heavy atom. The zero-order valence-corrected chi connectivity index (χ0v) is 70.5. The van der Waals surface area contributed by atoms with Gasteiger partial charge in [-0.2, -0.15) is 0 Å². The summed E-state index contributed by atoms with van der Waals surface area (Å²) in [7, 11) is -7.26. The van der Waals surface area contributed by atoms with Crippen LogP contribution < -0.4 is 51.8 Å². The van der Waals surface area contributed by atoms with Crippen molar-refractivity contribution in [2.45, 2.75) is 12.1 Å². The Morgan fingerprint density at radius 2 is 0.696 bits per heavy atom. The maximum Gasteiger partial charge on any atom is 0.227 e. The molecule has 2 unspecified atom stereocenters. The van der Waals surface area contributed by atoms with E-state index in [4.69, 9.17) is 34.9 Å². The number of allylic oxidation sites excluding steroid dienone is 2. The molecule has 125 heavy (non-hydrogen) atoms. The van der Waals surface area contributed by atoms with E-state index in [-0.39, 0.29) is 12.1 Å². The number of aliphatic imine (C=N–C) groups is 1. The van der Waals surface area contributed by atoms with Crippen molar-refractivity contribution in [2.24, 2.45) is 4.99 Å². The summed E-state index contributed by atoms with van der Waals surface area (Å²) in [5.74, 6) is 5.14. The molecule has 27 rings (SSSR count). The first-order valence-electron chi connectivity index (χ1n) is 42.3. The van der Waals surface area contributed by atoms with Gasteiger partial charge in [-0.05, 0) is 133 Å². The first-order valence-corrected chi connectivity index (χ1v) is 47.9. The summed E-state index contributed by atoms with van der Waals surface area (Å²) in [5.41, 5.74) is 15.3. The highest BCUT2D eigenvalue weighted by Gasteiger charge is 2.51. The lowest BCUT2D eigenvalue weighted by atomic mass is 10.0. The fraction of sp³-hybridized carbons (Fsp3) is 0.0187. The minimum absolute atomic E-state index is 0.0114. The van der Waals surface area contributed by atoms with Gasteiger partial charge in [0.1, 0.15) is 34.2 Å². The van der Waals surface area contributed by atoms with Gasteiger partial charge in [-0.3, -0.25) is 27.4 Å². The van der Waals surface area contributed by atoms with Crippen LogP contribution in [0.1, 0.15) is 0 Å². The topological polar surface area (TPSA) is 120 Å². The molecule has 0 saturated heterocycles. The van der Waals surface area contributed by atoms with Crippen molar-refractivity contribution in [2.75, 3.05) is 9.80 Å². The summed E-state index contributed by atoms with van der Waals surface area (Å²) in [4.78, 5) is 46.4. The van der Waals surface area contributed by atoms with E-state index in [1.807, 2.05) is 22.7 Å². The molecule has 24 aromatic rings. The molecule has 11 heterocycles. The fourth-order valence-corrected chi connectivity index (χ4v) is 33.3. The number of aromatic nitrogens is 11. The lowest BCUT2D eigenvalue weighted by Crippen LogP contribution is -2.76. The standard InChI is InChI=1S/C107H68N14S2Si2/c1-5-31-69(32-6-1)124(70-33-7-2-8-34-70,95-57-29-42-76-74-40-14-27-55-93(74)122-101(76)95)103-111-97(65-98(112-103)119-90-52-24-21-49-87(90)116-84-47-19-16-44-79(84)108-105(116)119)115-82-46-18-13-39-73(82)78-63-67(59-61-83(78)115)68-60-62-86-81(64-68)110-107-118(86)89-51-23-26-54-92(89)121(107)100-66-99(120-91-53-25-22-50-88(91)117-85-48-20-17-45-80(85)109-106(117)120)113-104(114-100)125(71-35-9-3-10-36-71,72-37-11-4-12-38-72)96-58-30-43-77-75-41-15-28-56-94(75)123-102(77)96/h1-66,80,85H. The highest BCUT2D eigenvalue weighted by atomic mass is 32.1. The van der Waals surface area contributed by atoms with E-state index in [0.29, 0.717) is 17.5 Å². The first kappa shape index (κ1) is 70.1. The largest absolute Gasteiger partial charge is 0.300 e. The number of guanidine groups is 1. The maximum atomic E-state index is 6.21. The van der Waals surface area contributed by atoms with Gasteiger partial charge in [-0.25, -0.2) is 34.9 Å². The van der Waals surface area contributed by atoms with E-state index in [9.17, 15) is 0 Å². The van der Waals surface area contributed by atoms with Crippen molar-refractivity contribution >= 4 is 222 Å². The van der Waals surface area contributed by atoms with E-state index in [1.54, 1.807) is 0 Å². The molecule has 0 radical (unpaired) electrons. The zero-order chi connectivity index (χ0) is 81.7. The van der Waals surface area contributed by atoms with Crippen molar-refractivity contribution in [3.63, 3.8) is 0 Å². The fourth-order valence-electron chi connectivity index (χ4n) is 20.9. The Balaban J connectivity index is 0.677. The lowest BCUT2D eigenvalue weighted by molar-refractivity contribution is 0.741. The molecule has 14 nitrogen and oxygen atoms in total. The number of imidazole rings is 4. The molecule has 2 aliphatic heterocycles. The monoisotopic (exact) mass is 1670 g/mol. The van der Waals surface area contributed by atoms with Gasteiger partial charge in [0.05, 0.1) is 78.6 Å². The van der Waals surface area contributed by atoms with Crippen LogP contribution in [0.2, 0.25) is 0 Å². The molecule has 0 N–H and O–H groups in total. The smallest absolute Gasteiger partial charge is 0.227 e. The molecule has 0 fully saturated rings. The summed E-state index contributed by atoms with van der Waals surface area (Å²) >= 11 is 3.71. The van der Waals surface area contributed by atoms with Gasteiger partial charge in [-0.15, -0.1) is 22.7 Å². The molecule has 9 aromatic heterocycles. The second-order valence-corrected chi connectivity index (χ2v) is 42.0. The summed E-state index contributed by atoms with van der Waals surface area (Å²) < 4.78 is 16.4. The lowest BCUT2D eigenvalue weighted by Gasteiger charge is -2.33. The van der Waals surface area contributed by atoms with Gasteiger partial charge in [0.15, 0.2) is 0 Å². The first-order chi connectivity index (χ1) is 62.0. The van der Waals surface area contributed by atoms with Crippen LogP contribution in [0, 0.1) is 0 Å². The number of para-hydroxylation sites is 9. The number of benzene rings is 15. The number of rotatable bonds is 13. The molecule has 586 valence electrons. The highest BCUT2D eigenvalue weighted by molar-refractivity contribution is 7.31. The Morgan fingerprint density at radius 1 is 0.280 bits per heavy atom. The molecule has 0 spiro atoms. The Hall–Kier alpha value is -15.6. The van der Waals surface area contributed by atoms with Gasteiger partial charge < -0.3 is 4.90 Å². The summed E-state index contributed by atoms with van der Waals surface area (Å²) in [6, 6.07) is 137. The van der Waals surface area contributed by atoms with Crippen molar-refractivity contribution < 1.29 is 0 Å². The average molecular weight is 1670 g/mol. The third kappa shape index (κ3) is 10.0. The van der Waals surface area contributed by atoms with Crippen LogP contribution in [0.3, 0.4) is 0 Å². The second kappa shape index (κ2) is 27.0. The molecular formula is C107H68N14S2Si2. The van der Waals surface area contributed by atoms with E-state index < -0.39 is 16.1 Å². The minimum atomic E-state index is -3.64. The quantitative estimate of drug-likeness (QED) is 0.0827. The Kier molecular flexibility index (Phi) is 15.1. The second-order valence-electron chi connectivity index (χ2n) is 32.6. The summed E-state index contributed by atoms with van der Waals surface area (Å²) in [6.07, 6.45) is 8.76. The zero-order valence-electron chi connectivity index (χ0n) is 66.8. The number of nitrogens with zero attached hydrogens (tertiary/aromatic N) is 14. The van der Waals surface area contributed by atoms with Crippen molar-refractivity contribution in [1.82, 2.24) is 52.4 Å². The van der Waals surface area contributed by atoms with Crippen LogP contribution in [0.15, 0.2) is 405 Å². The predicted octanol–water partition coefficient (Wildman–Crippen LogP) is 19.2. The number of hydrogen-bond acceptors (Lipinski definition) is 11. The van der Waals surface area contributed by atoms with Crippen molar-refractivity contribution in [3.8, 4) is 28.6 Å². The molecular weight excluding hydrogens is 1600 g/mol. The minimum Gasteiger partial charge on any atom is -0.300 e. The van der Waals surface area contributed by atoms with Gasteiger partial charge >= 0.3 is 0 Å². The molecule has 1 aliphatic carbocycles. The van der Waals surface area contributed by atoms with Crippen molar-refractivity contribution in [1.29, 1.82) is 0 Å². The van der Waals surface area contributed by atoms with Crippen LogP contribution in [-0.2, 0) is 0 Å². The number of fused-ring (bicyclic) bond motifs is 24. The van der Waals surface area contributed by atoms with Crippen LogP contribution in [0.4, 0.5) is 17.2 Å². The van der Waals surface area contributed by atoms with Gasteiger partial charge in [0.2, 0.25) is 33.7 Å². The van der Waals surface area contributed by atoms with Gasteiger partial charge in [0.25, 0.3) is 0 Å². The molecule has 15 aromatic carbocycles. The van der Waals surface area contributed by atoms with Gasteiger partial charge in [0, 0.05) is 63.2 Å². The summed E-state index contributed by atoms with van der Waals surface area (Å²) in [5, 5.41) is 14.2. The Bertz CT molecular complexity index is 8680. The molecule has 0 amide bonds. The molecule has 0 bridgehead atoms. The predicted molar refractivity (Wildman–Crippen MR) is 521 cm³/mol. The number of anilines is 3. The number of thiophene rings is 2. The SMILES string of the molecule is C1=CC2N=C3N(c4cc(-n5c6ccccc6n6c7ccc(-c8ccc9c(c8)c8ccccc8n9-c8cc(-n9c%10ccccc%10n%10c%11ccccc%11nc9%10)nc([Si](c9ccccc9)(c9ccccc9)c9cccc%10c9sc9ccccc9%10)n8)cc7nc56)nc([Si](c5ccccc5)(c5ccccc5)c5cccc6c5sc5ccccc56)n4)c4ccccc4N3C2C=C1. The highest BCUT2D eigenvalue weighted by Crippen LogP contribution is 2.48. The molecule has 0 saturated carbocycles. The average Bonchev–Trinajstić information content (AvgIpc) is 1.45. The molecule has 18 heteroatoms. The maximum absolute atomic E-state index is 6.21. The van der Waals surface area contributed by atoms with E-state index >= 15 is 0 Å². The van der Waals surface area contributed by atoms with Crippen LogP contribution in [0.5, 0.6) is 0 Å². The van der Waals surface area contributed by atoms with E-state index in [2.05, 4.69) is 433 Å². The third-order valence-electron chi connectivity index (χ3n) is 26.2.